The van der Waals surface area contributed by atoms with Gasteiger partial charge in [-0.05, 0) is 24.6 Å². The SMILES string of the molecule is COc1cc(C(=O)OCCCN2C(=O)c3ccccc3C2=O)ccc1[N+](=O)[O-]. The largest absolute Gasteiger partial charge is 0.490 e. The van der Waals surface area contributed by atoms with E-state index in [1.165, 1.54) is 19.2 Å². The molecule has 0 aliphatic carbocycles. The van der Waals surface area contributed by atoms with Crippen LogP contribution in [0.3, 0.4) is 0 Å². The van der Waals surface area contributed by atoms with Crippen LogP contribution in [-0.2, 0) is 4.74 Å². The van der Waals surface area contributed by atoms with Gasteiger partial charge < -0.3 is 9.47 Å². The molecule has 9 nitrogen and oxygen atoms in total. The average Bonchev–Trinajstić information content (AvgIpc) is 2.95. The number of benzene rings is 2. The molecule has 0 bridgehead atoms. The van der Waals surface area contributed by atoms with Crippen molar-refractivity contribution in [2.24, 2.45) is 0 Å². The van der Waals surface area contributed by atoms with Gasteiger partial charge in [0.05, 0.1) is 35.3 Å². The first-order valence-electron chi connectivity index (χ1n) is 8.39. The summed E-state index contributed by atoms with van der Waals surface area (Å²) in [4.78, 5) is 48.0. The van der Waals surface area contributed by atoms with Crippen LogP contribution in [0.4, 0.5) is 5.69 Å². The molecule has 1 heterocycles. The third-order valence-electron chi connectivity index (χ3n) is 4.25. The minimum atomic E-state index is -0.685. The lowest BCUT2D eigenvalue weighted by Gasteiger charge is -2.13. The van der Waals surface area contributed by atoms with Crippen molar-refractivity contribution in [1.29, 1.82) is 0 Å². The fourth-order valence-electron chi connectivity index (χ4n) is 2.87. The van der Waals surface area contributed by atoms with Gasteiger partial charge in [-0.2, -0.15) is 0 Å². The Kier molecular flexibility index (Phi) is 5.35. The smallest absolute Gasteiger partial charge is 0.338 e. The van der Waals surface area contributed by atoms with Gasteiger partial charge >= 0.3 is 11.7 Å². The number of methoxy groups -OCH3 is 1. The van der Waals surface area contributed by atoms with Gasteiger partial charge in [0, 0.05) is 18.7 Å². The minimum absolute atomic E-state index is 0.0223. The van der Waals surface area contributed by atoms with Crippen LogP contribution in [0.2, 0.25) is 0 Å². The molecule has 0 spiro atoms. The Morgan fingerprint density at radius 1 is 1.11 bits per heavy atom. The lowest BCUT2D eigenvalue weighted by atomic mass is 10.1. The molecule has 0 fully saturated rings. The Hall–Kier alpha value is -3.75. The summed E-state index contributed by atoms with van der Waals surface area (Å²) in [7, 11) is 1.26. The maximum Gasteiger partial charge on any atom is 0.338 e. The number of hydrogen-bond donors (Lipinski definition) is 0. The molecule has 0 atom stereocenters. The van der Waals surface area contributed by atoms with E-state index in [1.807, 2.05) is 0 Å². The van der Waals surface area contributed by atoms with Crippen LogP contribution in [0.1, 0.15) is 37.5 Å². The van der Waals surface area contributed by atoms with Gasteiger partial charge in [0.25, 0.3) is 11.8 Å². The molecule has 0 saturated heterocycles. The molecule has 28 heavy (non-hydrogen) atoms. The maximum absolute atomic E-state index is 12.2. The molecule has 0 unspecified atom stereocenters. The first-order valence-corrected chi connectivity index (χ1v) is 8.39. The van der Waals surface area contributed by atoms with Crippen LogP contribution in [0.15, 0.2) is 42.5 Å². The zero-order chi connectivity index (χ0) is 20.3. The van der Waals surface area contributed by atoms with E-state index in [9.17, 15) is 24.5 Å². The van der Waals surface area contributed by atoms with E-state index < -0.39 is 10.9 Å². The molecular weight excluding hydrogens is 368 g/mol. The first kappa shape index (κ1) is 19.0. The van der Waals surface area contributed by atoms with Gasteiger partial charge in [-0.1, -0.05) is 12.1 Å². The van der Waals surface area contributed by atoms with Crippen molar-refractivity contribution < 1.29 is 28.8 Å². The van der Waals surface area contributed by atoms with E-state index in [2.05, 4.69) is 0 Å². The monoisotopic (exact) mass is 384 g/mol. The Morgan fingerprint density at radius 2 is 1.75 bits per heavy atom. The number of nitro benzene ring substituents is 1. The number of nitro groups is 1. The molecule has 1 aliphatic heterocycles. The van der Waals surface area contributed by atoms with Crippen molar-refractivity contribution in [3.05, 3.63) is 69.3 Å². The number of imide groups is 1. The predicted octanol–water partition coefficient (Wildman–Crippen LogP) is 2.45. The van der Waals surface area contributed by atoms with Crippen LogP contribution in [0, 0.1) is 10.1 Å². The zero-order valence-electron chi connectivity index (χ0n) is 14.9. The van der Waals surface area contributed by atoms with Crippen LogP contribution < -0.4 is 4.74 Å². The molecule has 2 amide bonds. The number of nitrogens with zero attached hydrogens (tertiary/aromatic N) is 2. The van der Waals surface area contributed by atoms with E-state index in [0.717, 1.165) is 11.0 Å². The van der Waals surface area contributed by atoms with Crippen molar-refractivity contribution in [1.82, 2.24) is 4.90 Å². The average molecular weight is 384 g/mol. The van der Waals surface area contributed by atoms with Crippen LogP contribution in [0.5, 0.6) is 5.75 Å². The third-order valence-corrected chi connectivity index (χ3v) is 4.25. The van der Waals surface area contributed by atoms with Gasteiger partial charge in [0.15, 0.2) is 5.75 Å². The quantitative estimate of drug-likeness (QED) is 0.237. The molecule has 2 aromatic rings. The topological polar surface area (TPSA) is 116 Å². The highest BCUT2D eigenvalue weighted by atomic mass is 16.6. The Bertz CT molecular complexity index is 936. The molecule has 0 aromatic heterocycles. The van der Waals surface area contributed by atoms with Gasteiger partial charge in [-0.15, -0.1) is 0 Å². The first-order chi connectivity index (χ1) is 13.4. The number of hydrogen-bond acceptors (Lipinski definition) is 7. The molecule has 2 aromatic carbocycles. The lowest BCUT2D eigenvalue weighted by Crippen LogP contribution is -2.31. The standard InChI is InChI=1S/C19H16N2O7/c1-27-16-11-12(7-8-15(16)21(25)26)19(24)28-10-4-9-20-17(22)13-5-2-3-6-14(13)18(20)23/h2-3,5-8,11H,4,9-10H2,1H3. The van der Waals surface area contributed by atoms with Crippen molar-refractivity contribution in [2.75, 3.05) is 20.3 Å². The molecule has 9 heteroatoms. The predicted molar refractivity (Wildman–Crippen MR) is 96.4 cm³/mol. The van der Waals surface area contributed by atoms with Crippen LogP contribution in [0.25, 0.3) is 0 Å². The second kappa shape index (κ2) is 7.87. The second-order valence-corrected chi connectivity index (χ2v) is 5.94. The lowest BCUT2D eigenvalue weighted by molar-refractivity contribution is -0.385. The molecule has 144 valence electrons. The number of carbonyl (C=O) groups is 3. The second-order valence-electron chi connectivity index (χ2n) is 5.94. The highest BCUT2D eigenvalue weighted by Gasteiger charge is 2.34. The van der Waals surface area contributed by atoms with Crippen molar-refractivity contribution >= 4 is 23.5 Å². The minimum Gasteiger partial charge on any atom is -0.490 e. The summed E-state index contributed by atoms with van der Waals surface area (Å²) in [6, 6.07) is 10.2. The molecule has 0 saturated carbocycles. The summed E-state index contributed by atoms with van der Waals surface area (Å²) in [5, 5.41) is 10.9. The van der Waals surface area contributed by atoms with E-state index in [4.69, 9.17) is 9.47 Å². The summed E-state index contributed by atoms with van der Waals surface area (Å²) in [5.41, 5.74) is 0.567. The Morgan fingerprint density at radius 3 is 2.32 bits per heavy atom. The Balaban J connectivity index is 1.55. The number of esters is 1. The van der Waals surface area contributed by atoms with E-state index in [0.29, 0.717) is 11.1 Å². The van der Waals surface area contributed by atoms with E-state index in [1.54, 1.807) is 24.3 Å². The summed E-state index contributed by atoms with van der Waals surface area (Å²) in [5.74, 6) is -1.47. The third kappa shape index (κ3) is 3.54. The Labute approximate surface area is 159 Å². The van der Waals surface area contributed by atoms with Crippen molar-refractivity contribution in [3.8, 4) is 5.75 Å². The molecular formula is C19H16N2O7. The van der Waals surface area contributed by atoms with E-state index >= 15 is 0 Å². The normalized spacial score (nSPS) is 12.7. The van der Waals surface area contributed by atoms with Gasteiger partial charge in [-0.25, -0.2) is 4.79 Å². The fourth-order valence-corrected chi connectivity index (χ4v) is 2.87. The molecule has 3 rings (SSSR count). The van der Waals surface area contributed by atoms with Crippen LogP contribution >= 0.6 is 0 Å². The number of amides is 2. The number of carbonyl (C=O) groups excluding carboxylic acids is 3. The maximum atomic E-state index is 12.2. The summed E-state index contributed by atoms with van der Waals surface area (Å²) in [6.07, 6.45) is 0.265. The number of rotatable bonds is 7. The molecule has 0 radical (unpaired) electrons. The summed E-state index contributed by atoms with van der Waals surface area (Å²) in [6.45, 7) is 0.0920. The molecule has 1 aliphatic rings. The summed E-state index contributed by atoms with van der Waals surface area (Å²) < 4.78 is 10.0. The van der Waals surface area contributed by atoms with Gasteiger partial charge in [0.2, 0.25) is 0 Å². The van der Waals surface area contributed by atoms with E-state index in [-0.39, 0.29) is 48.4 Å². The highest BCUT2D eigenvalue weighted by Crippen LogP contribution is 2.28. The van der Waals surface area contributed by atoms with Crippen molar-refractivity contribution in [2.45, 2.75) is 6.42 Å². The molecule has 0 N–H and O–H groups in total. The van der Waals surface area contributed by atoms with Gasteiger partial charge in [0.1, 0.15) is 0 Å². The number of ether oxygens (including phenoxy) is 2. The zero-order valence-corrected chi connectivity index (χ0v) is 14.9. The van der Waals surface area contributed by atoms with Crippen molar-refractivity contribution in [3.63, 3.8) is 0 Å². The number of fused-ring (bicyclic) bond motifs is 1. The van der Waals surface area contributed by atoms with Crippen LogP contribution in [-0.4, -0.2) is 47.9 Å². The summed E-state index contributed by atoms with van der Waals surface area (Å²) >= 11 is 0. The highest BCUT2D eigenvalue weighted by molar-refractivity contribution is 6.21. The fraction of sp³-hybridized carbons (Fsp3) is 0.211. The van der Waals surface area contributed by atoms with Gasteiger partial charge in [-0.3, -0.25) is 24.6 Å².